The van der Waals surface area contributed by atoms with Crippen molar-refractivity contribution in [2.24, 2.45) is 0 Å². The molecule has 62 valence electrons. The maximum absolute atomic E-state index is 8.67. The van der Waals surface area contributed by atoms with E-state index in [9.17, 15) is 0 Å². The van der Waals surface area contributed by atoms with Crippen LogP contribution < -0.4 is 0 Å². The van der Waals surface area contributed by atoms with Gasteiger partial charge in [0.25, 0.3) is 0 Å². The van der Waals surface area contributed by atoms with Crippen LogP contribution in [0.5, 0.6) is 0 Å². The van der Waals surface area contributed by atoms with Crippen LogP contribution in [-0.2, 0) is 0 Å². The third kappa shape index (κ3) is 1.85. The lowest BCUT2D eigenvalue weighted by Crippen LogP contribution is -1.91. The molecule has 0 bridgehead atoms. The second-order valence-electron chi connectivity index (χ2n) is 3.05. The predicted octanol–water partition coefficient (Wildman–Crippen LogP) is 3.07. The number of nitrogens with zero attached hydrogens (tertiary/aromatic N) is 1. The molecule has 1 aromatic rings. The molecule has 0 saturated heterocycles. The topological polar surface area (TPSA) is 23.8 Å². The Labute approximate surface area is 73.6 Å². The Kier molecular flexibility index (Phi) is 2.88. The van der Waals surface area contributed by atoms with Gasteiger partial charge in [-0.3, -0.25) is 0 Å². The highest BCUT2D eigenvalue weighted by Gasteiger charge is 2.02. The van der Waals surface area contributed by atoms with E-state index in [-0.39, 0.29) is 0 Å². The van der Waals surface area contributed by atoms with Gasteiger partial charge in [0.15, 0.2) is 0 Å². The third-order valence-corrected chi connectivity index (χ3v) is 2.20. The van der Waals surface area contributed by atoms with E-state index >= 15 is 0 Å². The Morgan fingerprint density at radius 3 is 2.83 bits per heavy atom. The van der Waals surface area contributed by atoms with E-state index in [4.69, 9.17) is 5.26 Å². The van der Waals surface area contributed by atoms with Crippen molar-refractivity contribution in [3.8, 4) is 6.07 Å². The first-order chi connectivity index (χ1) is 5.77. The van der Waals surface area contributed by atoms with Gasteiger partial charge in [0, 0.05) is 0 Å². The van der Waals surface area contributed by atoms with Gasteiger partial charge >= 0.3 is 0 Å². The molecule has 0 spiro atoms. The molecule has 0 aliphatic rings. The second-order valence-corrected chi connectivity index (χ2v) is 3.05. The fourth-order valence-electron chi connectivity index (χ4n) is 1.15. The highest BCUT2D eigenvalue weighted by Crippen LogP contribution is 2.18. The van der Waals surface area contributed by atoms with E-state index < -0.39 is 0 Å². The van der Waals surface area contributed by atoms with Crippen LogP contribution in [0, 0.1) is 11.3 Å². The lowest BCUT2D eigenvalue weighted by atomic mass is 9.97. The molecule has 1 heteroatoms. The number of hydrogen-bond acceptors (Lipinski definition) is 1. The molecule has 0 aliphatic carbocycles. The molecule has 0 amide bonds. The Hall–Kier alpha value is -1.29. The maximum atomic E-state index is 8.67. The maximum Gasteiger partial charge on any atom is 0.0991 e. The average Bonchev–Trinajstić information content (AvgIpc) is 2.17. The van der Waals surface area contributed by atoms with E-state index in [0.29, 0.717) is 5.92 Å². The average molecular weight is 159 g/mol. The van der Waals surface area contributed by atoms with Crippen LogP contribution in [0.25, 0.3) is 0 Å². The first-order valence-corrected chi connectivity index (χ1v) is 4.28. The minimum Gasteiger partial charge on any atom is -0.192 e. The molecular formula is C11H13N. The molecule has 0 aromatic heterocycles. The van der Waals surface area contributed by atoms with Crippen LogP contribution in [0.1, 0.15) is 37.3 Å². The van der Waals surface area contributed by atoms with Gasteiger partial charge in [-0.2, -0.15) is 5.26 Å². The van der Waals surface area contributed by atoms with Crippen LogP contribution in [0.3, 0.4) is 0 Å². The SMILES string of the molecule is CC[C@@H](C)c1cccc(C#N)c1. The molecule has 0 aliphatic heterocycles. The van der Waals surface area contributed by atoms with Crippen molar-refractivity contribution >= 4 is 0 Å². The molecule has 0 heterocycles. The van der Waals surface area contributed by atoms with Crippen molar-refractivity contribution in [2.75, 3.05) is 0 Å². The minimum atomic E-state index is 0.554. The molecule has 1 aromatic carbocycles. The quantitative estimate of drug-likeness (QED) is 0.650. The third-order valence-electron chi connectivity index (χ3n) is 2.20. The Bertz CT molecular complexity index is 296. The van der Waals surface area contributed by atoms with E-state index in [0.717, 1.165) is 12.0 Å². The fraction of sp³-hybridized carbons (Fsp3) is 0.364. The largest absolute Gasteiger partial charge is 0.192 e. The van der Waals surface area contributed by atoms with Crippen LogP contribution in [0.2, 0.25) is 0 Å². The van der Waals surface area contributed by atoms with Crippen LogP contribution in [-0.4, -0.2) is 0 Å². The van der Waals surface area contributed by atoms with Gasteiger partial charge in [0.1, 0.15) is 0 Å². The lowest BCUT2D eigenvalue weighted by molar-refractivity contribution is 0.733. The molecular weight excluding hydrogens is 146 g/mol. The van der Waals surface area contributed by atoms with Gasteiger partial charge in [-0.1, -0.05) is 26.0 Å². The second kappa shape index (κ2) is 3.92. The van der Waals surface area contributed by atoms with Crippen molar-refractivity contribution in [1.82, 2.24) is 0 Å². The number of nitriles is 1. The van der Waals surface area contributed by atoms with E-state index in [1.54, 1.807) is 0 Å². The number of benzene rings is 1. The molecule has 1 nitrogen and oxygen atoms in total. The van der Waals surface area contributed by atoms with Gasteiger partial charge in [-0.25, -0.2) is 0 Å². The number of hydrogen-bond donors (Lipinski definition) is 0. The smallest absolute Gasteiger partial charge is 0.0991 e. The van der Waals surface area contributed by atoms with Crippen molar-refractivity contribution in [3.05, 3.63) is 35.4 Å². The summed E-state index contributed by atoms with van der Waals surface area (Å²) in [5.74, 6) is 0.554. The summed E-state index contributed by atoms with van der Waals surface area (Å²) in [5, 5.41) is 8.67. The minimum absolute atomic E-state index is 0.554. The summed E-state index contributed by atoms with van der Waals surface area (Å²) in [4.78, 5) is 0. The molecule has 0 unspecified atom stereocenters. The molecule has 0 N–H and O–H groups in total. The molecule has 12 heavy (non-hydrogen) atoms. The lowest BCUT2D eigenvalue weighted by Gasteiger charge is -2.07. The van der Waals surface area contributed by atoms with E-state index in [1.807, 2.05) is 18.2 Å². The normalized spacial score (nSPS) is 12.1. The van der Waals surface area contributed by atoms with E-state index in [1.165, 1.54) is 5.56 Å². The highest BCUT2D eigenvalue weighted by atomic mass is 14.2. The predicted molar refractivity (Wildman–Crippen MR) is 49.9 cm³/mol. The molecule has 1 atom stereocenters. The van der Waals surface area contributed by atoms with Crippen molar-refractivity contribution in [2.45, 2.75) is 26.2 Å². The van der Waals surface area contributed by atoms with E-state index in [2.05, 4.69) is 26.0 Å². The summed E-state index contributed by atoms with van der Waals surface area (Å²) in [5.41, 5.74) is 2.02. The van der Waals surface area contributed by atoms with Crippen molar-refractivity contribution in [3.63, 3.8) is 0 Å². The standard InChI is InChI=1S/C11H13N/c1-3-9(2)11-6-4-5-10(7-11)8-12/h4-7,9H,3H2,1-2H3/t9-/m1/s1. The first-order valence-electron chi connectivity index (χ1n) is 4.28. The van der Waals surface area contributed by atoms with Crippen molar-refractivity contribution in [1.29, 1.82) is 5.26 Å². The van der Waals surface area contributed by atoms with Crippen LogP contribution in [0.15, 0.2) is 24.3 Å². The zero-order chi connectivity index (χ0) is 8.97. The summed E-state index contributed by atoms with van der Waals surface area (Å²) in [6, 6.07) is 9.97. The van der Waals surface area contributed by atoms with Crippen molar-refractivity contribution < 1.29 is 0 Å². The first kappa shape index (κ1) is 8.80. The van der Waals surface area contributed by atoms with Gasteiger partial charge in [0.05, 0.1) is 11.6 Å². The Balaban J connectivity index is 2.95. The van der Waals surface area contributed by atoms with Gasteiger partial charge < -0.3 is 0 Å². The monoisotopic (exact) mass is 159 g/mol. The Morgan fingerprint density at radius 2 is 2.25 bits per heavy atom. The highest BCUT2D eigenvalue weighted by molar-refractivity contribution is 5.34. The number of rotatable bonds is 2. The zero-order valence-corrected chi connectivity index (χ0v) is 7.54. The molecule has 1 rings (SSSR count). The van der Waals surface area contributed by atoms with Gasteiger partial charge in [0.2, 0.25) is 0 Å². The molecule has 0 saturated carbocycles. The summed E-state index contributed by atoms with van der Waals surface area (Å²) in [6.07, 6.45) is 1.12. The summed E-state index contributed by atoms with van der Waals surface area (Å²) in [6.45, 7) is 4.33. The summed E-state index contributed by atoms with van der Waals surface area (Å²) >= 11 is 0. The van der Waals surface area contributed by atoms with Crippen LogP contribution >= 0.6 is 0 Å². The zero-order valence-electron chi connectivity index (χ0n) is 7.54. The fourth-order valence-corrected chi connectivity index (χ4v) is 1.15. The Morgan fingerprint density at radius 1 is 1.50 bits per heavy atom. The summed E-state index contributed by atoms with van der Waals surface area (Å²) < 4.78 is 0. The molecule has 0 radical (unpaired) electrons. The van der Waals surface area contributed by atoms with Gasteiger partial charge in [-0.05, 0) is 30.0 Å². The van der Waals surface area contributed by atoms with Crippen LogP contribution in [0.4, 0.5) is 0 Å². The summed E-state index contributed by atoms with van der Waals surface area (Å²) in [7, 11) is 0. The van der Waals surface area contributed by atoms with Gasteiger partial charge in [-0.15, -0.1) is 0 Å². The molecule has 0 fully saturated rings.